The van der Waals surface area contributed by atoms with Gasteiger partial charge < -0.3 is 15.9 Å². The van der Waals surface area contributed by atoms with Crippen molar-refractivity contribution in [1.29, 1.82) is 0 Å². The lowest BCUT2D eigenvalue weighted by Gasteiger charge is -2.10. The van der Waals surface area contributed by atoms with Crippen LogP contribution in [0.25, 0.3) is 0 Å². The molecule has 0 spiro atoms. The van der Waals surface area contributed by atoms with Crippen molar-refractivity contribution in [3.05, 3.63) is 64.7 Å². The van der Waals surface area contributed by atoms with Crippen LogP contribution in [0.5, 0.6) is 11.5 Å². The van der Waals surface area contributed by atoms with Crippen molar-refractivity contribution >= 4 is 38.7 Å². The maximum atomic E-state index is 12.8. The molecule has 154 valence electrons. The number of rotatable bonds is 6. The zero-order valence-electron chi connectivity index (χ0n) is 15.0. The van der Waals surface area contributed by atoms with Gasteiger partial charge in [-0.1, -0.05) is 18.2 Å². The standard InChI is InChI=1S/C17H14N6O6S/c18-16-14(25)9-15(30(28,29)22-10-4-2-1-3-5-10)17(19-16)21-20-12-7-6-11(23(26)27)8-13(12)24/h1-9,22,24-25H,(H2,18,19). The number of nitrogens with one attached hydrogen (secondary N) is 1. The molecule has 0 aliphatic heterocycles. The third-order valence-corrected chi connectivity index (χ3v) is 5.10. The Bertz CT molecular complexity index is 1250. The lowest BCUT2D eigenvalue weighted by molar-refractivity contribution is -0.384. The number of non-ortho nitro benzene ring substituents is 1. The molecule has 2 aromatic carbocycles. The lowest BCUT2D eigenvalue weighted by Crippen LogP contribution is -2.14. The Kier molecular flexibility index (Phi) is 5.46. The minimum absolute atomic E-state index is 0.173. The second kappa shape index (κ2) is 8.00. The molecule has 0 fully saturated rings. The number of nitrogens with two attached hydrogens (primary N) is 1. The van der Waals surface area contributed by atoms with Crippen molar-refractivity contribution in [2.45, 2.75) is 4.90 Å². The van der Waals surface area contributed by atoms with Gasteiger partial charge in [0.05, 0.1) is 11.0 Å². The molecule has 0 atom stereocenters. The zero-order chi connectivity index (χ0) is 21.9. The van der Waals surface area contributed by atoms with Crippen molar-refractivity contribution in [1.82, 2.24) is 4.98 Å². The summed E-state index contributed by atoms with van der Waals surface area (Å²) in [5, 5.41) is 37.8. The molecule has 3 aromatic rings. The number of nitro groups is 1. The predicted molar refractivity (Wildman–Crippen MR) is 107 cm³/mol. The maximum Gasteiger partial charge on any atom is 0.273 e. The summed E-state index contributed by atoms with van der Waals surface area (Å²) in [4.78, 5) is 13.2. The first-order valence-corrected chi connectivity index (χ1v) is 9.62. The SMILES string of the molecule is Nc1nc(N=Nc2ccc([N+](=O)[O-])cc2O)c(S(=O)(=O)Nc2ccccc2)cc1O. The largest absolute Gasteiger partial charge is 0.505 e. The molecular formula is C17H14N6O6S. The van der Waals surface area contributed by atoms with Crippen LogP contribution in [0.4, 0.5) is 28.7 Å². The van der Waals surface area contributed by atoms with E-state index in [1.54, 1.807) is 18.2 Å². The summed E-state index contributed by atoms with van der Waals surface area (Å²) < 4.78 is 27.8. The number of azo groups is 1. The molecule has 12 nitrogen and oxygen atoms in total. The fourth-order valence-electron chi connectivity index (χ4n) is 2.29. The van der Waals surface area contributed by atoms with Crippen LogP contribution in [-0.2, 0) is 10.0 Å². The fourth-order valence-corrected chi connectivity index (χ4v) is 3.44. The Hall–Kier alpha value is -4.26. The number of anilines is 2. The Balaban J connectivity index is 2.02. The van der Waals surface area contributed by atoms with Gasteiger partial charge in [0.15, 0.2) is 17.4 Å². The van der Waals surface area contributed by atoms with Crippen molar-refractivity contribution in [2.75, 3.05) is 10.5 Å². The van der Waals surface area contributed by atoms with Crippen LogP contribution in [0.1, 0.15) is 0 Å². The number of sulfonamides is 1. The summed E-state index contributed by atoms with van der Waals surface area (Å²) in [6.45, 7) is 0. The smallest absolute Gasteiger partial charge is 0.273 e. The first-order valence-electron chi connectivity index (χ1n) is 8.14. The molecule has 0 aliphatic carbocycles. The zero-order valence-corrected chi connectivity index (χ0v) is 15.8. The number of phenolic OH excluding ortho intramolecular Hbond substituents is 1. The van der Waals surface area contributed by atoms with Gasteiger partial charge in [0.25, 0.3) is 15.7 Å². The van der Waals surface area contributed by atoms with Gasteiger partial charge >= 0.3 is 0 Å². The van der Waals surface area contributed by atoms with Crippen molar-refractivity contribution < 1.29 is 23.6 Å². The Labute approximate surface area is 169 Å². The monoisotopic (exact) mass is 430 g/mol. The van der Waals surface area contributed by atoms with E-state index in [1.165, 1.54) is 12.1 Å². The molecule has 0 radical (unpaired) electrons. The summed E-state index contributed by atoms with van der Waals surface area (Å²) in [5.74, 6) is -1.99. The molecule has 30 heavy (non-hydrogen) atoms. The highest BCUT2D eigenvalue weighted by Crippen LogP contribution is 2.35. The molecular weight excluding hydrogens is 416 g/mol. The highest BCUT2D eigenvalue weighted by molar-refractivity contribution is 7.92. The molecule has 5 N–H and O–H groups in total. The number of hydrogen-bond acceptors (Lipinski definition) is 10. The van der Waals surface area contributed by atoms with Crippen LogP contribution in [0.3, 0.4) is 0 Å². The number of aromatic hydroxyl groups is 2. The van der Waals surface area contributed by atoms with Gasteiger partial charge in [0.1, 0.15) is 16.3 Å². The summed E-state index contributed by atoms with van der Waals surface area (Å²) in [7, 11) is -4.25. The van der Waals surface area contributed by atoms with Gasteiger partial charge in [-0.05, 0) is 18.2 Å². The summed E-state index contributed by atoms with van der Waals surface area (Å²) in [6.07, 6.45) is 0. The number of benzene rings is 2. The maximum absolute atomic E-state index is 12.8. The predicted octanol–water partition coefficient (Wildman–Crippen LogP) is 3.20. The van der Waals surface area contributed by atoms with Gasteiger partial charge in [-0.3, -0.25) is 14.8 Å². The number of pyridine rings is 1. The number of nitro benzene ring substituents is 1. The van der Waals surface area contributed by atoms with E-state index in [4.69, 9.17) is 5.73 Å². The van der Waals surface area contributed by atoms with E-state index in [0.717, 1.165) is 24.3 Å². The minimum atomic E-state index is -4.25. The molecule has 13 heteroatoms. The number of aromatic nitrogens is 1. The van der Waals surface area contributed by atoms with Gasteiger partial charge in [0, 0.05) is 17.8 Å². The molecule has 0 aliphatic rings. The number of phenols is 1. The van der Waals surface area contributed by atoms with Crippen LogP contribution in [0.15, 0.2) is 69.7 Å². The van der Waals surface area contributed by atoms with Crippen molar-refractivity contribution in [3.63, 3.8) is 0 Å². The van der Waals surface area contributed by atoms with Crippen LogP contribution in [-0.4, -0.2) is 28.5 Å². The van der Waals surface area contributed by atoms with E-state index >= 15 is 0 Å². The number of nitrogens with zero attached hydrogens (tertiary/aromatic N) is 4. The van der Waals surface area contributed by atoms with Crippen molar-refractivity contribution in [2.24, 2.45) is 10.2 Å². The quantitative estimate of drug-likeness (QED) is 0.260. The highest BCUT2D eigenvalue weighted by atomic mass is 32.2. The van der Waals surface area contributed by atoms with E-state index in [-0.39, 0.29) is 17.1 Å². The highest BCUT2D eigenvalue weighted by Gasteiger charge is 2.23. The molecule has 0 saturated carbocycles. The first-order chi connectivity index (χ1) is 14.2. The average molecular weight is 430 g/mol. The molecule has 0 bridgehead atoms. The van der Waals surface area contributed by atoms with E-state index < -0.39 is 43.0 Å². The van der Waals surface area contributed by atoms with E-state index in [2.05, 4.69) is 19.9 Å². The number of nitrogen functional groups attached to an aromatic ring is 1. The van der Waals surface area contributed by atoms with Gasteiger partial charge in [0.2, 0.25) is 0 Å². The van der Waals surface area contributed by atoms with Crippen molar-refractivity contribution in [3.8, 4) is 11.5 Å². The van der Waals surface area contributed by atoms with Crippen LogP contribution < -0.4 is 10.5 Å². The molecule has 0 unspecified atom stereocenters. The number of hydrogen-bond donors (Lipinski definition) is 4. The van der Waals surface area contributed by atoms with Crippen LogP contribution in [0, 0.1) is 10.1 Å². The third-order valence-electron chi connectivity index (χ3n) is 3.71. The third kappa shape index (κ3) is 4.41. The normalized spacial score (nSPS) is 11.5. The van der Waals surface area contributed by atoms with E-state index in [1.807, 2.05) is 0 Å². The lowest BCUT2D eigenvalue weighted by atomic mass is 10.2. The Morgan fingerprint density at radius 2 is 1.73 bits per heavy atom. The second-order valence-corrected chi connectivity index (χ2v) is 7.47. The Morgan fingerprint density at radius 1 is 1.03 bits per heavy atom. The number of para-hydroxylation sites is 1. The molecule has 1 aromatic heterocycles. The second-order valence-electron chi connectivity index (χ2n) is 5.82. The molecule has 0 amide bonds. The molecule has 1 heterocycles. The van der Waals surface area contributed by atoms with Gasteiger partial charge in [-0.2, -0.15) is 0 Å². The van der Waals surface area contributed by atoms with Crippen LogP contribution in [0.2, 0.25) is 0 Å². The van der Waals surface area contributed by atoms with E-state index in [0.29, 0.717) is 0 Å². The van der Waals surface area contributed by atoms with Gasteiger partial charge in [-0.15, -0.1) is 10.2 Å². The fraction of sp³-hybridized carbons (Fsp3) is 0. The average Bonchev–Trinajstić information content (AvgIpc) is 2.69. The summed E-state index contributed by atoms with van der Waals surface area (Å²) in [6, 6.07) is 11.9. The summed E-state index contributed by atoms with van der Waals surface area (Å²) >= 11 is 0. The van der Waals surface area contributed by atoms with Gasteiger partial charge in [-0.25, -0.2) is 13.4 Å². The first kappa shape index (κ1) is 20.5. The Morgan fingerprint density at radius 3 is 2.37 bits per heavy atom. The topological polar surface area (TPSA) is 193 Å². The molecule has 0 saturated heterocycles. The summed E-state index contributed by atoms with van der Waals surface area (Å²) in [5.41, 5.74) is 5.25. The minimum Gasteiger partial charge on any atom is -0.505 e. The molecule has 3 rings (SSSR count). The van der Waals surface area contributed by atoms with E-state index in [9.17, 15) is 28.7 Å². The van der Waals surface area contributed by atoms with Crippen LogP contribution >= 0.6 is 0 Å².